The van der Waals surface area contributed by atoms with Crippen LogP contribution in [0.2, 0.25) is 0 Å². The van der Waals surface area contributed by atoms with Crippen molar-refractivity contribution in [3.8, 4) is 0 Å². The molecule has 0 aliphatic heterocycles. The molecule has 1 aromatic heterocycles. The predicted molar refractivity (Wildman–Crippen MR) is 77.7 cm³/mol. The van der Waals surface area contributed by atoms with Crippen LogP contribution in [-0.4, -0.2) is 4.98 Å². The van der Waals surface area contributed by atoms with Crippen molar-refractivity contribution in [2.24, 2.45) is 0 Å². The normalized spacial score (nSPS) is 10.9. The van der Waals surface area contributed by atoms with Crippen molar-refractivity contribution in [3.05, 3.63) is 42.1 Å². The number of benzene rings is 1. The molecule has 2 aromatic rings. The summed E-state index contributed by atoms with van der Waals surface area (Å²) >= 11 is 0. The summed E-state index contributed by atoms with van der Waals surface area (Å²) in [6, 6.07) is 11.5. The number of fused-ring (bicyclic) bond motifs is 1. The highest BCUT2D eigenvalue weighted by Gasteiger charge is 2.01. The molecule has 18 heavy (non-hydrogen) atoms. The lowest BCUT2D eigenvalue weighted by atomic mass is 10.0. The largest absolute Gasteiger partial charge is 0.255 e. The van der Waals surface area contributed by atoms with Gasteiger partial charge in [-0.05, 0) is 24.5 Å². The highest BCUT2D eigenvalue weighted by molar-refractivity contribution is 5.81. The monoisotopic (exact) mass is 240 g/mol. The number of hydrogen-bond donors (Lipinski definition) is 0. The molecular weight excluding hydrogens is 218 g/mol. The van der Waals surface area contributed by atoms with E-state index in [2.05, 4.69) is 36.2 Å². The molecule has 1 aromatic carbocycles. The van der Waals surface area contributed by atoms with Crippen molar-refractivity contribution < 1.29 is 0 Å². The fourth-order valence-corrected chi connectivity index (χ4v) is 2.41. The Kier molecular flexibility index (Phi) is 5.19. The Bertz CT molecular complexity index is 470. The molecule has 1 radical (unpaired) electrons. The Morgan fingerprint density at radius 3 is 2.78 bits per heavy atom. The molecular formula is C17H22N. The molecule has 1 heteroatoms. The van der Waals surface area contributed by atoms with Crippen LogP contribution >= 0.6 is 0 Å². The van der Waals surface area contributed by atoms with Crippen molar-refractivity contribution in [1.82, 2.24) is 4.98 Å². The van der Waals surface area contributed by atoms with Crippen molar-refractivity contribution in [1.29, 1.82) is 0 Å². The Morgan fingerprint density at radius 2 is 1.89 bits per heavy atom. The molecule has 95 valence electrons. The maximum Gasteiger partial charge on any atom is 0.0734 e. The fraction of sp³-hybridized carbons (Fsp3) is 0.471. The summed E-state index contributed by atoms with van der Waals surface area (Å²) in [5, 5.41) is 1.21. The van der Waals surface area contributed by atoms with Crippen LogP contribution in [0.3, 0.4) is 0 Å². The summed E-state index contributed by atoms with van der Waals surface area (Å²) in [6.45, 7) is 2.26. The molecule has 0 saturated heterocycles. The van der Waals surface area contributed by atoms with E-state index in [-0.39, 0.29) is 0 Å². The minimum atomic E-state index is 1.15. The number of para-hydroxylation sites is 1. The van der Waals surface area contributed by atoms with Crippen LogP contribution in [-0.2, 0) is 6.42 Å². The first-order valence-electron chi connectivity index (χ1n) is 7.15. The summed E-state index contributed by atoms with van der Waals surface area (Å²) in [5.74, 6) is 0. The SMILES string of the molecule is CCCCCCCCc1cccc2c[c]cnc12. The number of aromatic nitrogens is 1. The van der Waals surface area contributed by atoms with Crippen LogP contribution in [0.1, 0.15) is 51.0 Å². The van der Waals surface area contributed by atoms with Gasteiger partial charge in [0.15, 0.2) is 0 Å². The number of rotatable bonds is 7. The molecule has 0 amide bonds. The van der Waals surface area contributed by atoms with Gasteiger partial charge in [0.1, 0.15) is 0 Å². The second-order valence-electron chi connectivity index (χ2n) is 4.94. The lowest BCUT2D eigenvalue weighted by molar-refractivity contribution is 0.608. The van der Waals surface area contributed by atoms with Gasteiger partial charge in [-0.1, -0.05) is 57.2 Å². The zero-order valence-corrected chi connectivity index (χ0v) is 11.3. The summed E-state index contributed by atoms with van der Waals surface area (Å²) in [7, 11) is 0. The number of pyridine rings is 1. The van der Waals surface area contributed by atoms with Crippen LogP contribution in [0.25, 0.3) is 10.9 Å². The molecule has 0 aliphatic carbocycles. The van der Waals surface area contributed by atoms with E-state index >= 15 is 0 Å². The minimum absolute atomic E-state index is 1.15. The summed E-state index contributed by atoms with van der Waals surface area (Å²) in [4.78, 5) is 4.45. The number of hydrogen-bond acceptors (Lipinski definition) is 1. The molecule has 0 saturated carbocycles. The second-order valence-corrected chi connectivity index (χ2v) is 4.94. The standard InChI is InChI=1S/C17H22N/c1-2-3-4-5-6-7-10-15-11-8-12-16-13-9-14-18-17(15)16/h8,11-14H,2-7,10H2,1H3. The Labute approximate surface area is 110 Å². The topological polar surface area (TPSA) is 12.9 Å². The molecule has 0 aliphatic rings. The molecule has 1 heterocycles. The zero-order chi connectivity index (χ0) is 12.6. The van der Waals surface area contributed by atoms with E-state index in [0.717, 1.165) is 11.9 Å². The first kappa shape index (κ1) is 13.1. The van der Waals surface area contributed by atoms with Gasteiger partial charge in [0.25, 0.3) is 0 Å². The number of nitrogens with zero attached hydrogens (tertiary/aromatic N) is 1. The third kappa shape index (κ3) is 3.56. The van der Waals surface area contributed by atoms with Crippen molar-refractivity contribution in [3.63, 3.8) is 0 Å². The van der Waals surface area contributed by atoms with Crippen molar-refractivity contribution in [2.45, 2.75) is 51.9 Å². The van der Waals surface area contributed by atoms with Crippen LogP contribution in [0.5, 0.6) is 0 Å². The quantitative estimate of drug-likeness (QED) is 0.625. The molecule has 1 nitrogen and oxygen atoms in total. The number of unbranched alkanes of at least 4 members (excludes halogenated alkanes) is 5. The van der Waals surface area contributed by atoms with Crippen LogP contribution < -0.4 is 0 Å². The molecule has 0 spiro atoms. The minimum Gasteiger partial charge on any atom is -0.255 e. The smallest absolute Gasteiger partial charge is 0.0734 e. The van der Waals surface area contributed by atoms with E-state index in [9.17, 15) is 0 Å². The van der Waals surface area contributed by atoms with Gasteiger partial charge in [-0.3, -0.25) is 4.98 Å². The lowest BCUT2D eigenvalue weighted by Crippen LogP contribution is -1.90. The van der Waals surface area contributed by atoms with Crippen LogP contribution in [0.4, 0.5) is 0 Å². The predicted octanol–water partition coefficient (Wildman–Crippen LogP) is 4.94. The zero-order valence-electron chi connectivity index (χ0n) is 11.3. The molecule has 0 bridgehead atoms. The third-order valence-electron chi connectivity index (χ3n) is 3.46. The van der Waals surface area contributed by atoms with E-state index in [4.69, 9.17) is 0 Å². The third-order valence-corrected chi connectivity index (χ3v) is 3.46. The van der Waals surface area contributed by atoms with E-state index in [1.807, 2.05) is 6.07 Å². The van der Waals surface area contributed by atoms with Crippen LogP contribution in [0.15, 0.2) is 30.5 Å². The molecule has 2 rings (SSSR count). The van der Waals surface area contributed by atoms with Gasteiger partial charge in [0, 0.05) is 17.6 Å². The first-order valence-corrected chi connectivity index (χ1v) is 7.15. The Morgan fingerprint density at radius 1 is 1.06 bits per heavy atom. The molecule has 0 unspecified atom stereocenters. The van der Waals surface area contributed by atoms with E-state index < -0.39 is 0 Å². The molecule has 0 N–H and O–H groups in total. The average molecular weight is 240 g/mol. The van der Waals surface area contributed by atoms with Gasteiger partial charge in [-0.25, -0.2) is 0 Å². The second kappa shape index (κ2) is 7.15. The Hall–Kier alpha value is -1.37. The summed E-state index contributed by atoms with van der Waals surface area (Å²) in [6.07, 6.45) is 11.0. The van der Waals surface area contributed by atoms with Crippen LogP contribution in [0, 0.1) is 6.07 Å². The van der Waals surface area contributed by atoms with E-state index in [1.165, 1.54) is 49.5 Å². The summed E-state index contributed by atoms with van der Waals surface area (Å²) in [5.41, 5.74) is 2.54. The van der Waals surface area contributed by atoms with Gasteiger partial charge in [-0.15, -0.1) is 0 Å². The highest BCUT2D eigenvalue weighted by Crippen LogP contribution is 2.18. The average Bonchev–Trinajstić information content (AvgIpc) is 2.43. The van der Waals surface area contributed by atoms with Gasteiger partial charge in [0.05, 0.1) is 5.52 Å². The van der Waals surface area contributed by atoms with Crippen molar-refractivity contribution in [2.75, 3.05) is 0 Å². The maximum atomic E-state index is 4.45. The summed E-state index contributed by atoms with van der Waals surface area (Å²) < 4.78 is 0. The highest BCUT2D eigenvalue weighted by atomic mass is 14.6. The Balaban J connectivity index is 1.88. The number of aryl methyl sites for hydroxylation is 1. The first-order chi connectivity index (χ1) is 8.92. The lowest BCUT2D eigenvalue weighted by Gasteiger charge is -2.05. The van der Waals surface area contributed by atoms with E-state index in [1.54, 1.807) is 6.20 Å². The van der Waals surface area contributed by atoms with Gasteiger partial charge >= 0.3 is 0 Å². The fourth-order valence-electron chi connectivity index (χ4n) is 2.41. The molecule has 0 atom stereocenters. The van der Waals surface area contributed by atoms with Gasteiger partial charge in [0.2, 0.25) is 0 Å². The molecule has 0 fully saturated rings. The van der Waals surface area contributed by atoms with Crippen molar-refractivity contribution >= 4 is 10.9 Å². The van der Waals surface area contributed by atoms with Gasteiger partial charge < -0.3 is 0 Å². The maximum absolute atomic E-state index is 4.45. The van der Waals surface area contributed by atoms with Gasteiger partial charge in [-0.2, -0.15) is 0 Å². The van der Waals surface area contributed by atoms with E-state index in [0.29, 0.717) is 0 Å².